The van der Waals surface area contributed by atoms with Crippen molar-refractivity contribution in [2.45, 2.75) is 42.7 Å². The Morgan fingerprint density at radius 1 is 1.17 bits per heavy atom. The van der Waals surface area contributed by atoms with Crippen molar-refractivity contribution in [3.05, 3.63) is 48.2 Å². The first-order valence-corrected chi connectivity index (χ1v) is 10.9. The Morgan fingerprint density at radius 3 is 2.43 bits per heavy atom. The predicted octanol–water partition coefficient (Wildman–Crippen LogP) is 1.49. The number of nitrogens with two attached hydrogens (primary N) is 1. The fraction of sp³-hybridized carbons (Fsp3) is 0.350. The molecule has 9 nitrogen and oxygen atoms in total. The van der Waals surface area contributed by atoms with Crippen LogP contribution in [0.5, 0.6) is 11.6 Å². The molecule has 0 atom stereocenters. The SMILES string of the molecule is N#Cc1ccc(OC2CCC(NS(=O)(=O)c3ccc(OCC(N)=O)cc3)CC2)nc1. The zero-order chi connectivity index (χ0) is 21.6. The van der Waals surface area contributed by atoms with Crippen LogP contribution in [-0.4, -0.2) is 38.1 Å². The summed E-state index contributed by atoms with van der Waals surface area (Å²) >= 11 is 0. The van der Waals surface area contributed by atoms with Crippen LogP contribution in [0.2, 0.25) is 0 Å². The van der Waals surface area contributed by atoms with E-state index in [1.54, 1.807) is 12.1 Å². The summed E-state index contributed by atoms with van der Waals surface area (Å²) < 4.78 is 38.9. The monoisotopic (exact) mass is 430 g/mol. The van der Waals surface area contributed by atoms with Crippen LogP contribution >= 0.6 is 0 Å². The van der Waals surface area contributed by atoms with Crippen LogP contribution in [0.4, 0.5) is 0 Å². The van der Waals surface area contributed by atoms with Crippen molar-refractivity contribution in [3.63, 3.8) is 0 Å². The van der Waals surface area contributed by atoms with Gasteiger partial charge in [0.25, 0.3) is 5.91 Å². The van der Waals surface area contributed by atoms with Gasteiger partial charge in [0.15, 0.2) is 6.61 Å². The highest BCUT2D eigenvalue weighted by Crippen LogP contribution is 2.25. The smallest absolute Gasteiger partial charge is 0.255 e. The average Bonchev–Trinajstić information content (AvgIpc) is 2.74. The number of primary amides is 1. The van der Waals surface area contributed by atoms with Gasteiger partial charge >= 0.3 is 0 Å². The first-order chi connectivity index (χ1) is 14.4. The average molecular weight is 430 g/mol. The summed E-state index contributed by atoms with van der Waals surface area (Å²) in [5.41, 5.74) is 5.48. The number of ether oxygens (including phenoxy) is 2. The zero-order valence-corrected chi connectivity index (χ0v) is 17.0. The van der Waals surface area contributed by atoms with Gasteiger partial charge in [-0.2, -0.15) is 5.26 Å². The molecular formula is C20H22N4O5S. The number of nitrogens with one attached hydrogen (secondary N) is 1. The van der Waals surface area contributed by atoms with Gasteiger partial charge < -0.3 is 15.2 Å². The molecule has 0 bridgehead atoms. The molecule has 10 heteroatoms. The number of nitrogens with zero attached hydrogens (tertiary/aromatic N) is 2. The summed E-state index contributed by atoms with van der Waals surface area (Å²) in [4.78, 5) is 15.0. The van der Waals surface area contributed by atoms with Gasteiger partial charge in [0.05, 0.1) is 10.5 Å². The van der Waals surface area contributed by atoms with E-state index in [9.17, 15) is 13.2 Å². The maximum atomic E-state index is 12.6. The van der Waals surface area contributed by atoms with Crippen LogP contribution in [0.1, 0.15) is 31.2 Å². The van der Waals surface area contributed by atoms with E-state index >= 15 is 0 Å². The van der Waals surface area contributed by atoms with E-state index in [-0.39, 0.29) is 23.6 Å². The Labute approximate surface area is 174 Å². The molecule has 1 aliphatic carbocycles. The number of benzene rings is 1. The van der Waals surface area contributed by atoms with Gasteiger partial charge in [-0.15, -0.1) is 0 Å². The van der Waals surface area contributed by atoms with Crippen LogP contribution < -0.4 is 19.9 Å². The highest BCUT2D eigenvalue weighted by atomic mass is 32.2. The second-order valence-electron chi connectivity index (χ2n) is 6.94. The minimum Gasteiger partial charge on any atom is -0.484 e. The molecule has 1 fully saturated rings. The van der Waals surface area contributed by atoms with E-state index < -0.39 is 15.9 Å². The van der Waals surface area contributed by atoms with E-state index in [4.69, 9.17) is 20.5 Å². The maximum absolute atomic E-state index is 12.6. The van der Waals surface area contributed by atoms with Crippen LogP contribution in [0, 0.1) is 11.3 Å². The lowest BCUT2D eigenvalue weighted by Gasteiger charge is -2.29. The number of amides is 1. The summed E-state index contributed by atoms with van der Waals surface area (Å²) in [6.45, 7) is -0.270. The molecule has 1 heterocycles. The quantitative estimate of drug-likeness (QED) is 0.645. The molecule has 0 unspecified atom stereocenters. The minimum atomic E-state index is -3.67. The highest BCUT2D eigenvalue weighted by Gasteiger charge is 2.27. The molecule has 1 aromatic heterocycles. The van der Waals surface area contributed by atoms with Crippen molar-refractivity contribution in [3.8, 4) is 17.7 Å². The molecule has 158 valence electrons. The van der Waals surface area contributed by atoms with Crippen LogP contribution in [0.15, 0.2) is 47.5 Å². The molecule has 0 spiro atoms. The number of nitriles is 1. The number of carbonyl (C=O) groups is 1. The van der Waals surface area contributed by atoms with Gasteiger partial charge in [-0.3, -0.25) is 4.79 Å². The fourth-order valence-electron chi connectivity index (χ4n) is 3.14. The molecule has 3 rings (SSSR count). The van der Waals surface area contributed by atoms with E-state index in [1.165, 1.54) is 30.5 Å². The third kappa shape index (κ3) is 5.92. The van der Waals surface area contributed by atoms with E-state index in [1.807, 2.05) is 6.07 Å². The second-order valence-corrected chi connectivity index (χ2v) is 8.65. The molecule has 3 N–H and O–H groups in total. The molecule has 0 radical (unpaired) electrons. The number of hydrogen-bond donors (Lipinski definition) is 2. The predicted molar refractivity (Wildman–Crippen MR) is 107 cm³/mol. The Balaban J connectivity index is 1.50. The van der Waals surface area contributed by atoms with Crippen LogP contribution in [-0.2, 0) is 14.8 Å². The number of carbonyl (C=O) groups excluding carboxylic acids is 1. The Kier molecular flexibility index (Phi) is 6.87. The Morgan fingerprint density at radius 2 is 1.87 bits per heavy atom. The lowest BCUT2D eigenvalue weighted by Crippen LogP contribution is -2.39. The molecule has 30 heavy (non-hydrogen) atoms. The van der Waals surface area contributed by atoms with Gasteiger partial charge in [-0.05, 0) is 56.0 Å². The molecule has 1 aromatic carbocycles. The number of sulfonamides is 1. The Bertz CT molecular complexity index is 1010. The van der Waals surface area contributed by atoms with Gasteiger partial charge in [-0.25, -0.2) is 18.1 Å². The minimum absolute atomic E-state index is 0.0483. The number of pyridine rings is 1. The Hall–Kier alpha value is -3.16. The largest absolute Gasteiger partial charge is 0.484 e. The molecule has 1 aliphatic rings. The number of hydrogen-bond acceptors (Lipinski definition) is 7. The molecule has 0 saturated heterocycles. The highest BCUT2D eigenvalue weighted by molar-refractivity contribution is 7.89. The lowest BCUT2D eigenvalue weighted by atomic mass is 9.94. The van der Waals surface area contributed by atoms with Crippen molar-refractivity contribution in [2.75, 3.05) is 6.61 Å². The molecular weight excluding hydrogens is 408 g/mol. The topological polar surface area (TPSA) is 144 Å². The number of aromatic nitrogens is 1. The molecule has 1 amide bonds. The summed E-state index contributed by atoms with van der Waals surface area (Å²) in [6, 6.07) is 10.9. The first-order valence-electron chi connectivity index (χ1n) is 9.42. The third-order valence-electron chi connectivity index (χ3n) is 4.66. The summed E-state index contributed by atoms with van der Waals surface area (Å²) in [5, 5.41) is 8.80. The molecule has 1 saturated carbocycles. The lowest BCUT2D eigenvalue weighted by molar-refractivity contribution is -0.119. The first kappa shape index (κ1) is 21.5. The standard InChI is InChI=1S/C20H22N4O5S/c21-11-14-1-10-20(23-12-14)29-17-4-2-15(3-5-17)24-30(26,27)18-8-6-16(7-9-18)28-13-19(22)25/h1,6-10,12,15,17,24H,2-5,13H2,(H2,22,25). The van der Waals surface area contributed by atoms with Crippen molar-refractivity contribution >= 4 is 15.9 Å². The van der Waals surface area contributed by atoms with E-state index in [0.29, 0.717) is 42.9 Å². The fourth-order valence-corrected chi connectivity index (χ4v) is 4.45. The van der Waals surface area contributed by atoms with Gasteiger partial charge in [0, 0.05) is 18.3 Å². The second kappa shape index (κ2) is 9.56. The summed E-state index contributed by atoms with van der Waals surface area (Å²) in [7, 11) is -3.67. The van der Waals surface area contributed by atoms with Crippen molar-refractivity contribution in [1.29, 1.82) is 5.26 Å². The summed E-state index contributed by atoms with van der Waals surface area (Å²) in [5.74, 6) is 0.210. The van der Waals surface area contributed by atoms with Crippen LogP contribution in [0.3, 0.4) is 0 Å². The summed E-state index contributed by atoms with van der Waals surface area (Å²) in [6.07, 6.45) is 4.07. The van der Waals surface area contributed by atoms with Gasteiger partial charge in [0.1, 0.15) is 17.9 Å². The van der Waals surface area contributed by atoms with Crippen molar-refractivity contribution in [1.82, 2.24) is 9.71 Å². The molecule has 2 aromatic rings. The van der Waals surface area contributed by atoms with Gasteiger partial charge in [-0.1, -0.05) is 0 Å². The van der Waals surface area contributed by atoms with Crippen LogP contribution in [0.25, 0.3) is 0 Å². The van der Waals surface area contributed by atoms with E-state index in [0.717, 1.165) is 0 Å². The van der Waals surface area contributed by atoms with Crippen molar-refractivity contribution in [2.24, 2.45) is 5.73 Å². The maximum Gasteiger partial charge on any atom is 0.255 e. The third-order valence-corrected chi connectivity index (χ3v) is 6.20. The molecule has 0 aliphatic heterocycles. The van der Waals surface area contributed by atoms with E-state index in [2.05, 4.69) is 9.71 Å². The van der Waals surface area contributed by atoms with Crippen molar-refractivity contribution < 1.29 is 22.7 Å². The normalized spacial score (nSPS) is 18.9. The number of rotatable bonds is 8. The zero-order valence-electron chi connectivity index (χ0n) is 16.2. The van der Waals surface area contributed by atoms with Gasteiger partial charge in [0.2, 0.25) is 15.9 Å².